The zero-order valence-electron chi connectivity index (χ0n) is 9.20. The highest BCUT2D eigenvalue weighted by Gasteiger charge is 2.62. The van der Waals surface area contributed by atoms with E-state index in [1.807, 2.05) is 0 Å². The Hall–Kier alpha value is -2.50. The SMILES string of the molecule is O=[N+]([O-])C1([N+](=O)[O-])Cc2cccc3cccc1c23. The Labute approximate surface area is 101 Å². The summed E-state index contributed by atoms with van der Waals surface area (Å²) in [6.07, 6.45) is -0.191. The summed E-state index contributed by atoms with van der Waals surface area (Å²) in [7, 11) is 0. The fraction of sp³-hybridized carbons (Fsp3) is 0.167. The van der Waals surface area contributed by atoms with Gasteiger partial charge in [0.1, 0.15) is 21.8 Å². The molecule has 1 aliphatic rings. The van der Waals surface area contributed by atoms with Gasteiger partial charge in [0.25, 0.3) is 0 Å². The van der Waals surface area contributed by atoms with E-state index < -0.39 is 15.5 Å². The van der Waals surface area contributed by atoms with Crippen LogP contribution in [0.3, 0.4) is 0 Å². The normalized spacial score (nSPS) is 15.8. The van der Waals surface area contributed by atoms with Gasteiger partial charge >= 0.3 is 5.66 Å². The Balaban J connectivity index is 2.43. The fourth-order valence-electron chi connectivity index (χ4n) is 2.65. The maximum absolute atomic E-state index is 11.2. The van der Waals surface area contributed by atoms with Crippen molar-refractivity contribution < 1.29 is 9.85 Å². The van der Waals surface area contributed by atoms with Gasteiger partial charge in [-0.05, 0) is 17.0 Å². The van der Waals surface area contributed by atoms with Crippen LogP contribution in [0.5, 0.6) is 0 Å². The zero-order chi connectivity index (χ0) is 12.9. The van der Waals surface area contributed by atoms with Crippen molar-refractivity contribution in [2.45, 2.75) is 12.1 Å². The van der Waals surface area contributed by atoms with Crippen LogP contribution < -0.4 is 0 Å². The molecule has 0 aliphatic heterocycles. The van der Waals surface area contributed by atoms with Gasteiger partial charge < -0.3 is 0 Å². The molecule has 2 aromatic carbocycles. The van der Waals surface area contributed by atoms with Crippen LogP contribution in [0.1, 0.15) is 11.1 Å². The molecule has 0 radical (unpaired) electrons. The third-order valence-electron chi connectivity index (χ3n) is 3.46. The van der Waals surface area contributed by atoms with Crippen molar-refractivity contribution in [3.63, 3.8) is 0 Å². The molecule has 0 atom stereocenters. The summed E-state index contributed by atoms with van der Waals surface area (Å²) in [6, 6.07) is 10.2. The molecular formula is C12H8N2O4. The minimum absolute atomic E-state index is 0.186. The molecule has 0 heterocycles. The Morgan fingerprint density at radius 1 is 1.00 bits per heavy atom. The van der Waals surface area contributed by atoms with Crippen LogP contribution in [0, 0.1) is 20.2 Å². The van der Waals surface area contributed by atoms with Crippen molar-refractivity contribution >= 4 is 10.8 Å². The van der Waals surface area contributed by atoms with Gasteiger partial charge in [-0.3, -0.25) is 20.2 Å². The Bertz CT molecular complexity index is 676. The van der Waals surface area contributed by atoms with Gasteiger partial charge in [0, 0.05) is 5.39 Å². The van der Waals surface area contributed by atoms with E-state index in [4.69, 9.17) is 0 Å². The van der Waals surface area contributed by atoms with Crippen LogP contribution >= 0.6 is 0 Å². The summed E-state index contributed by atoms with van der Waals surface area (Å²) in [5.41, 5.74) is -1.38. The lowest BCUT2D eigenvalue weighted by atomic mass is 10.0. The lowest BCUT2D eigenvalue weighted by molar-refractivity contribution is -0.808. The predicted molar refractivity (Wildman–Crippen MR) is 63.3 cm³/mol. The van der Waals surface area contributed by atoms with E-state index in [1.54, 1.807) is 30.3 Å². The molecule has 1 aliphatic carbocycles. The standard InChI is InChI=1S/C12H8N2O4/c15-13(16)12(14(17)18)7-9-5-1-3-8-4-2-6-10(12)11(8)9/h1-6H,7H2. The maximum Gasteiger partial charge on any atom is 0.488 e. The third kappa shape index (κ3) is 1.07. The van der Waals surface area contributed by atoms with E-state index in [1.165, 1.54) is 6.07 Å². The Morgan fingerprint density at radius 3 is 2.22 bits per heavy atom. The van der Waals surface area contributed by atoms with E-state index in [9.17, 15) is 20.2 Å². The first-order chi connectivity index (χ1) is 8.57. The van der Waals surface area contributed by atoms with E-state index in [0.29, 0.717) is 10.9 Å². The Kier molecular flexibility index (Phi) is 1.92. The summed E-state index contributed by atoms with van der Waals surface area (Å²) in [4.78, 5) is 20.9. The van der Waals surface area contributed by atoms with Gasteiger partial charge in [-0.2, -0.15) is 0 Å². The van der Waals surface area contributed by atoms with Crippen LogP contribution in [0.15, 0.2) is 36.4 Å². The van der Waals surface area contributed by atoms with Crippen molar-refractivity contribution in [2.24, 2.45) is 0 Å². The molecule has 0 spiro atoms. The quantitative estimate of drug-likeness (QED) is 0.460. The molecule has 6 heteroatoms. The van der Waals surface area contributed by atoms with Crippen molar-refractivity contribution in [1.82, 2.24) is 0 Å². The summed E-state index contributed by atoms with van der Waals surface area (Å²) in [5, 5.41) is 23.9. The van der Waals surface area contributed by atoms with Crippen LogP contribution in [-0.4, -0.2) is 9.85 Å². The fourth-order valence-corrected chi connectivity index (χ4v) is 2.65. The second-order valence-corrected chi connectivity index (χ2v) is 4.33. The molecule has 90 valence electrons. The van der Waals surface area contributed by atoms with Gasteiger partial charge in [0.15, 0.2) is 0 Å². The summed E-state index contributed by atoms with van der Waals surface area (Å²) < 4.78 is 0. The molecule has 0 fully saturated rings. The molecule has 3 rings (SSSR count). The first-order valence-corrected chi connectivity index (χ1v) is 5.37. The van der Waals surface area contributed by atoms with Crippen molar-refractivity contribution in [2.75, 3.05) is 0 Å². The summed E-state index contributed by atoms with van der Waals surface area (Å²) in [6.45, 7) is 0. The largest absolute Gasteiger partial charge is 0.488 e. The number of nitro groups is 2. The molecule has 0 amide bonds. The highest BCUT2D eigenvalue weighted by molar-refractivity contribution is 5.91. The summed E-state index contributed by atoms with van der Waals surface area (Å²) in [5.74, 6) is 0. The minimum Gasteiger partial charge on any atom is -0.258 e. The first kappa shape index (κ1) is 10.6. The van der Waals surface area contributed by atoms with Crippen molar-refractivity contribution in [3.8, 4) is 0 Å². The second-order valence-electron chi connectivity index (χ2n) is 4.33. The molecule has 0 aromatic heterocycles. The van der Waals surface area contributed by atoms with Crippen LogP contribution in [0.25, 0.3) is 10.8 Å². The topological polar surface area (TPSA) is 86.3 Å². The number of hydrogen-bond acceptors (Lipinski definition) is 4. The molecule has 0 saturated carbocycles. The van der Waals surface area contributed by atoms with E-state index in [2.05, 4.69) is 0 Å². The Morgan fingerprint density at radius 2 is 1.61 bits per heavy atom. The average Bonchev–Trinajstić information content (AvgIpc) is 2.68. The van der Waals surface area contributed by atoms with Gasteiger partial charge in [0.2, 0.25) is 0 Å². The first-order valence-electron chi connectivity index (χ1n) is 5.37. The molecule has 0 unspecified atom stereocenters. The maximum atomic E-state index is 11.2. The molecular weight excluding hydrogens is 236 g/mol. The molecule has 0 bridgehead atoms. The highest BCUT2D eigenvalue weighted by Crippen LogP contribution is 2.43. The highest BCUT2D eigenvalue weighted by atomic mass is 16.7. The second kappa shape index (κ2) is 3.25. The zero-order valence-corrected chi connectivity index (χ0v) is 9.20. The summed E-state index contributed by atoms with van der Waals surface area (Å²) >= 11 is 0. The monoisotopic (exact) mass is 244 g/mol. The van der Waals surface area contributed by atoms with Crippen molar-refractivity contribution in [1.29, 1.82) is 0 Å². The smallest absolute Gasteiger partial charge is 0.258 e. The van der Waals surface area contributed by atoms with Crippen LogP contribution in [-0.2, 0) is 12.1 Å². The van der Waals surface area contributed by atoms with E-state index >= 15 is 0 Å². The molecule has 18 heavy (non-hydrogen) atoms. The molecule has 0 saturated heterocycles. The number of benzene rings is 2. The molecule has 2 aromatic rings. The minimum atomic E-state index is -2.23. The van der Waals surface area contributed by atoms with Gasteiger partial charge in [-0.25, -0.2) is 0 Å². The molecule has 0 N–H and O–H groups in total. The van der Waals surface area contributed by atoms with Gasteiger partial charge in [-0.15, -0.1) is 0 Å². The van der Waals surface area contributed by atoms with Gasteiger partial charge in [0.05, 0.1) is 0 Å². The van der Waals surface area contributed by atoms with Crippen molar-refractivity contribution in [3.05, 3.63) is 67.8 Å². The lowest BCUT2D eigenvalue weighted by Gasteiger charge is -2.12. The average molecular weight is 244 g/mol. The third-order valence-corrected chi connectivity index (χ3v) is 3.46. The number of hydrogen-bond donors (Lipinski definition) is 0. The number of rotatable bonds is 2. The number of nitrogens with zero attached hydrogens (tertiary/aromatic N) is 2. The lowest BCUT2D eigenvalue weighted by Crippen LogP contribution is -2.42. The molecule has 6 nitrogen and oxygen atoms in total. The van der Waals surface area contributed by atoms with E-state index in [0.717, 1.165) is 5.39 Å². The van der Waals surface area contributed by atoms with Crippen LogP contribution in [0.4, 0.5) is 0 Å². The van der Waals surface area contributed by atoms with Crippen LogP contribution in [0.2, 0.25) is 0 Å². The van der Waals surface area contributed by atoms with E-state index in [-0.39, 0.29) is 12.0 Å². The van der Waals surface area contributed by atoms with Gasteiger partial charge in [-0.1, -0.05) is 30.3 Å². The predicted octanol–water partition coefficient (Wildman–Crippen LogP) is 2.10.